The number of rotatable bonds is 7. The van der Waals surface area contributed by atoms with Crippen molar-refractivity contribution in [3.63, 3.8) is 0 Å². The van der Waals surface area contributed by atoms with E-state index in [1.165, 1.54) is 0 Å². The minimum atomic E-state index is 0.471. The Morgan fingerprint density at radius 1 is 1.14 bits per heavy atom. The summed E-state index contributed by atoms with van der Waals surface area (Å²) in [5, 5.41) is 11.7. The van der Waals surface area contributed by atoms with Crippen molar-refractivity contribution in [1.82, 2.24) is 25.4 Å². The molecule has 0 saturated carbocycles. The largest absolute Gasteiger partial charge is 0.361 e. The smallest absolute Gasteiger partial charge is 0.194 e. The summed E-state index contributed by atoms with van der Waals surface area (Å²) < 4.78 is 10.7. The molecule has 0 radical (unpaired) electrons. The number of guanidine groups is 1. The number of piperazine rings is 1. The van der Waals surface area contributed by atoms with Gasteiger partial charge in [-0.05, 0) is 19.8 Å². The van der Waals surface area contributed by atoms with Gasteiger partial charge >= 0.3 is 0 Å². The van der Waals surface area contributed by atoms with E-state index in [0.717, 1.165) is 74.4 Å². The molecule has 0 aliphatic carbocycles. The summed E-state index contributed by atoms with van der Waals surface area (Å²) in [6.07, 6.45) is 2.16. The monoisotopic (exact) mass is 388 g/mol. The molecular formula is C20H32N6O2. The van der Waals surface area contributed by atoms with Gasteiger partial charge in [0.25, 0.3) is 0 Å². The maximum atomic E-state index is 5.51. The van der Waals surface area contributed by atoms with Crippen molar-refractivity contribution < 1.29 is 9.05 Å². The molecule has 1 fully saturated rings. The summed E-state index contributed by atoms with van der Waals surface area (Å²) in [6, 6.07) is 4.07. The highest BCUT2D eigenvalue weighted by atomic mass is 16.5. The van der Waals surface area contributed by atoms with Crippen LogP contribution in [-0.2, 0) is 13.1 Å². The molecule has 0 spiro atoms. The van der Waals surface area contributed by atoms with E-state index in [1.54, 1.807) is 0 Å². The van der Waals surface area contributed by atoms with Crippen LogP contribution in [0.1, 0.15) is 55.5 Å². The van der Waals surface area contributed by atoms with Gasteiger partial charge in [0.15, 0.2) is 11.7 Å². The topological polar surface area (TPSA) is 82.9 Å². The van der Waals surface area contributed by atoms with Gasteiger partial charge in [0, 0.05) is 57.8 Å². The first-order chi connectivity index (χ1) is 13.6. The maximum absolute atomic E-state index is 5.51. The van der Waals surface area contributed by atoms with E-state index in [9.17, 15) is 0 Å². The Bertz CT molecular complexity index is 756. The lowest BCUT2D eigenvalue weighted by Gasteiger charge is -2.36. The molecule has 154 valence electrons. The van der Waals surface area contributed by atoms with Crippen LogP contribution >= 0.6 is 0 Å². The van der Waals surface area contributed by atoms with E-state index >= 15 is 0 Å². The van der Waals surface area contributed by atoms with Crippen LogP contribution in [0.4, 0.5) is 0 Å². The second-order valence-corrected chi connectivity index (χ2v) is 7.32. The molecule has 8 heteroatoms. The van der Waals surface area contributed by atoms with Crippen molar-refractivity contribution in [1.29, 1.82) is 0 Å². The number of aliphatic imine (C=N–C) groups is 1. The molecule has 1 saturated heterocycles. The SMILES string of the molecule is CCC(CC)c1cc(CNC(=NC)N2CCN(Cc3cc(C)on3)CC2)on1. The summed E-state index contributed by atoms with van der Waals surface area (Å²) >= 11 is 0. The van der Waals surface area contributed by atoms with Gasteiger partial charge in [-0.2, -0.15) is 0 Å². The van der Waals surface area contributed by atoms with Gasteiger partial charge in [-0.3, -0.25) is 9.89 Å². The molecule has 0 unspecified atom stereocenters. The molecule has 2 aromatic heterocycles. The Morgan fingerprint density at radius 2 is 1.89 bits per heavy atom. The zero-order valence-corrected chi connectivity index (χ0v) is 17.4. The molecule has 28 heavy (non-hydrogen) atoms. The average molecular weight is 389 g/mol. The first-order valence-electron chi connectivity index (χ1n) is 10.2. The first-order valence-corrected chi connectivity index (χ1v) is 10.2. The number of hydrogen-bond acceptors (Lipinski definition) is 6. The van der Waals surface area contributed by atoms with Crippen molar-refractivity contribution in [2.75, 3.05) is 33.2 Å². The lowest BCUT2D eigenvalue weighted by molar-refractivity contribution is 0.168. The Morgan fingerprint density at radius 3 is 2.50 bits per heavy atom. The molecule has 0 aromatic carbocycles. The third kappa shape index (κ3) is 5.13. The van der Waals surface area contributed by atoms with Crippen LogP contribution in [-0.4, -0.2) is 59.3 Å². The fraction of sp³-hybridized carbons (Fsp3) is 0.650. The number of nitrogens with zero attached hydrogens (tertiary/aromatic N) is 5. The van der Waals surface area contributed by atoms with Crippen molar-refractivity contribution in [2.45, 2.75) is 52.6 Å². The van der Waals surface area contributed by atoms with Crippen LogP contribution in [0.2, 0.25) is 0 Å². The third-order valence-corrected chi connectivity index (χ3v) is 5.35. The fourth-order valence-electron chi connectivity index (χ4n) is 3.65. The molecule has 8 nitrogen and oxygen atoms in total. The molecule has 0 amide bonds. The van der Waals surface area contributed by atoms with E-state index in [4.69, 9.17) is 9.05 Å². The Balaban J connectivity index is 1.47. The van der Waals surface area contributed by atoms with Crippen LogP contribution in [0.3, 0.4) is 0 Å². The van der Waals surface area contributed by atoms with Gasteiger partial charge in [0.1, 0.15) is 5.76 Å². The normalized spacial score (nSPS) is 16.2. The van der Waals surface area contributed by atoms with Crippen LogP contribution < -0.4 is 5.32 Å². The minimum Gasteiger partial charge on any atom is -0.361 e. The molecule has 3 rings (SSSR count). The van der Waals surface area contributed by atoms with Gasteiger partial charge in [0.05, 0.1) is 17.9 Å². The van der Waals surface area contributed by atoms with E-state index < -0.39 is 0 Å². The third-order valence-electron chi connectivity index (χ3n) is 5.35. The Hall–Kier alpha value is -2.35. The molecule has 0 atom stereocenters. The summed E-state index contributed by atoms with van der Waals surface area (Å²) in [5.41, 5.74) is 2.04. The highest BCUT2D eigenvalue weighted by Crippen LogP contribution is 2.22. The lowest BCUT2D eigenvalue weighted by atomic mass is 9.99. The number of aryl methyl sites for hydroxylation is 1. The first kappa shape index (κ1) is 20.4. The lowest BCUT2D eigenvalue weighted by Crippen LogP contribution is -2.52. The predicted octanol–water partition coefficient (Wildman–Crippen LogP) is 2.77. The zero-order valence-electron chi connectivity index (χ0n) is 17.4. The number of aromatic nitrogens is 2. The highest BCUT2D eigenvalue weighted by molar-refractivity contribution is 5.79. The van der Waals surface area contributed by atoms with Crippen molar-refractivity contribution in [3.8, 4) is 0 Å². The van der Waals surface area contributed by atoms with Gasteiger partial charge in [-0.25, -0.2) is 0 Å². The van der Waals surface area contributed by atoms with Crippen LogP contribution in [0.15, 0.2) is 26.2 Å². The Kier molecular flexibility index (Phi) is 7.08. The van der Waals surface area contributed by atoms with Gasteiger partial charge in [-0.1, -0.05) is 24.2 Å². The molecule has 3 heterocycles. The second kappa shape index (κ2) is 9.73. The predicted molar refractivity (Wildman–Crippen MR) is 108 cm³/mol. The molecule has 0 bridgehead atoms. The standard InChI is InChI=1S/C20H32N6O2/c1-5-16(6-2)19-12-18(28-24-19)13-22-20(21-4)26-9-7-25(8-10-26)14-17-11-15(3)27-23-17/h11-12,16H,5-10,13-14H2,1-4H3,(H,21,22). The van der Waals surface area contributed by atoms with E-state index in [1.807, 2.05) is 20.0 Å². The molecule has 1 aliphatic rings. The average Bonchev–Trinajstić information content (AvgIpc) is 3.34. The zero-order chi connectivity index (χ0) is 19.9. The second-order valence-electron chi connectivity index (χ2n) is 7.32. The number of nitrogens with one attached hydrogen (secondary N) is 1. The molecule has 1 aliphatic heterocycles. The fourth-order valence-corrected chi connectivity index (χ4v) is 3.65. The summed E-state index contributed by atoms with van der Waals surface area (Å²) in [4.78, 5) is 9.11. The van der Waals surface area contributed by atoms with Crippen molar-refractivity contribution >= 4 is 5.96 Å². The number of hydrogen-bond donors (Lipinski definition) is 1. The summed E-state index contributed by atoms with van der Waals surface area (Å²) in [6.45, 7) is 11.5. The molecular weight excluding hydrogens is 356 g/mol. The summed E-state index contributed by atoms with van der Waals surface area (Å²) in [7, 11) is 1.82. The molecule has 1 N–H and O–H groups in total. The highest BCUT2D eigenvalue weighted by Gasteiger charge is 2.21. The van der Waals surface area contributed by atoms with Crippen molar-refractivity contribution in [2.24, 2.45) is 4.99 Å². The van der Waals surface area contributed by atoms with E-state index in [0.29, 0.717) is 12.5 Å². The minimum absolute atomic E-state index is 0.471. The van der Waals surface area contributed by atoms with Gasteiger partial charge in [-0.15, -0.1) is 0 Å². The molecule has 2 aromatic rings. The van der Waals surface area contributed by atoms with E-state index in [-0.39, 0.29) is 0 Å². The van der Waals surface area contributed by atoms with Crippen LogP contribution in [0.25, 0.3) is 0 Å². The Labute approximate surface area is 166 Å². The van der Waals surface area contributed by atoms with Crippen molar-refractivity contribution in [3.05, 3.63) is 35.0 Å². The quantitative estimate of drug-likeness (QED) is 0.577. The maximum Gasteiger partial charge on any atom is 0.194 e. The van der Waals surface area contributed by atoms with Crippen LogP contribution in [0, 0.1) is 6.92 Å². The van der Waals surface area contributed by atoms with E-state index in [2.05, 4.69) is 50.3 Å². The summed E-state index contributed by atoms with van der Waals surface area (Å²) in [5.74, 6) is 3.08. The van der Waals surface area contributed by atoms with Crippen LogP contribution in [0.5, 0.6) is 0 Å². The van der Waals surface area contributed by atoms with Gasteiger partial charge < -0.3 is 19.3 Å². The van der Waals surface area contributed by atoms with Gasteiger partial charge in [0.2, 0.25) is 0 Å².